The van der Waals surface area contributed by atoms with Crippen LogP contribution in [0, 0.1) is 10.1 Å². The van der Waals surface area contributed by atoms with Crippen LogP contribution in [0.4, 0.5) is 17.1 Å². The van der Waals surface area contributed by atoms with Gasteiger partial charge in [0.25, 0.3) is 5.69 Å². The van der Waals surface area contributed by atoms with Crippen LogP contribution in [0.15, 0.2) is 101 Å². The fraction of sp³-hybridized carbons (Fsp3) is 0.375. The monoisotopic (exact) mass is 571 g/mol. The average Bonchev–Trinajstić information content (AvgIpc) is 3.05. The summed E-state index contributed by atoms with van der Waals surface area (Å²) in [6.45, 7) is 6.95. The molecule has 3 aromatic carbocycles. The van der Waals surface area contributed by atoms with Crippen LogP contribution in [0.25, 0.3) is 0 Å². The molecule has 1 aliphatic carbocycles. The molecule has 2 fully saturated rings. The van der Waals surface area contributed by atoms with Gasteiger partial charge in [0, 0.05) is 68.1 Å². The van der Waals surface area contributed by atoms with E-state index < -0.39 is 7.21 Å². The van der Waals surface area contributed by atoms with Gasteiger partial charge in [-0.2, -0.15) is 0 Å². The second-order valence-corrected chi connectivity index (χ2v) is 14.0. The summed E-state index contributed by atoms with van der Waals surface area (Å²) in [4.78, 5) is 16.1. The number of nitro benzene ring substituents is 1. The topological polar surface area (TPSA) is 74.4 Å². The predicted molar refractivity (Wildman–Crippen MR) is 167 cm³/mol. The van der Waals surface area contributed by atoms with E-state index >= 15 is 0 Å². The molecule has 2 aliphatic heterocycles. The summed E-state index contributed by atoms with van der Waals surface area (Å²) in [5.74, 6) is 0. The Morgan fingerprint density at radius 2 is 1.46 bits per heavy atom. The third-order valence-corrected chi connectivity index (χ3v) is 12.7. The van der Waals surface area contributed by atoms with E-state index in [1.54, 1.807) is 12.1 Å². The molecule has 9 heteroatoms. The molecule has 2 atom stereocenters. The van der Waals surface area contributed by atoms with Gasteiger partial charge in [0.1, 0.15) is 0 Å². The van der Waals surface area contributed by atoms with Crippen molar-refractivity contribution in [2.75, 3.05) is 57.4 Å². The molecule has 0 aromatic heterocycles. The molecule has 3 aliphatic rings. The minimum atomic E-state index is -2.39. The number of benzene rings is 3. The quantitative estimate of drug-likeness (QED) is 0.189. The van der Waals surface area contributed by atoms with Crippen molar-refractivity contribution in [1.29, 1.82) is 0 Å². The van der Waals surface area contributed by atoms with E-state index in [1.807, 2.05) is 12.1 Å². The number of hydrogen-bond acceptors (Lipinski definition) is 6. The summed E-state index contributed by atoms with van der Waals surface area (Å²) in [7, 11) is -2.39. The number of nitro groups is 1. The largest absolute Gasteiger partial charge is 0.378 e. The molecule has 214 valence electrons. The van der Waals surface area contributed by atoms with Gasteiger partial charge < -0.3 is 14.5 Å². The van der Waals surface area contributed by atoms with E-state index in [9.17, 15) is 10.1 Å². The minimum absolute atomic E-state index is 0.0932. The Bertz CT molecular complexity index is 1400. The highest BCUT2D eigenvalue weighted by Crippen LogP contribution is 2.63. The molecule has 0 saturated carbocycles. The Balaban J connectivity index is 1.49. The molecular weight excluding hydrogens is 533 g/mol. The van der Waals surface area contributed by atoms with Crippen LogP contribution in [-0.4, -0.2) is 72.6 Å². The average molecular weight is 572 g/mol. The number of rotatable bonds is 7. The SMILES string of the molecule is O=[N+]([O-])c1ccc(N=P(c2ccccc2)(C2CCCC=C2N2CCOCC2)N2CCN(c3ccccc3)CC2)cc1. The number of para-hydroxylation sites is 1. The van der Waals surface area contributed by atoms with Crippen molar-refractivity contribution in [3.05, 3.63) is 107 Å². The van der Waals surface area contributed by atoms with E-state index in [-0.39, 0.29) is 16.3 Å². The van der Waals surface area contributed by atoms with Gasteiger partial charge in [-0.3, -0.25) is 14.8 Å². The number of ether oxygens (including phenoxy) is 1. The van der Waals surface area contributed by atoms with Gasteiger partial charge in [-0.25, -0.2) is 4.74 Å². The number of morpholine rings is 1. The van der Waals surface area contributed by atoms with Crippen molar-refractivity contribution in [3.8, 4) is 0 Å². The Morgan fingerprint density at radius 1 is 0.805 bits per heavy atom. The van der Waals surface area contributed by atoms with Crippen LogP contribution in [0.5, 0.6) is 0 Å². The van der Waals surface area contributed by atoms with Crippen LogP contribution in [0.1, 0.15) is 19.3 Å². The lowest BCUT2D eigenvalue weighted by Crippen LogP contribution is -2.49. The zero-order valence-electron chi connectivity index (χ0n) is 23.4. The van der Waals surface area contributed by atoms with Gasteiger partial charge in [-0.15, -0.1) is 0 Å². The first-order valence-electron chi connectivity index (χ1n) is 14.7. The van der Waals surface area contributed by atoms with Crippen molar-refractivity contribution < 1.29 is 9.66 Å². The van der Waals surface area contributed by atoms with E-state index in [2.05, 4.69) is 81.2 Å². The van der Waals surface area contributed by atoms with Crippen molar-refractivity contribution in [2.24, 2.45) is 4.74 Å². The number of hydrogen-bond donors (Lipinski definition) is 0. The van der Waals surface area contributed by atoms with E-state index in [4.69, 9.17) is 9.48 Å². The van der Waals surface area contributed by atoms with Crippen molar-refractivity contribution in [3.63, 3.8) is 0 Å². The summed E-state index contributed by atoms with van der Waals surface area (Å²) in [6, 6.07) is 28.4. The summed E-state index contributed by atoms with van der Waals surface area (Å²) < 4.78 is 14.2. The maximum absolute atomic E-state index is 11.4. The summed E-state index contributed by atoms with van der Waals surface area (Å²) >= 11 is 0. The van der Waals surface area contributed by atoms with Crippen LogP contribution in [0.2, 0.25) is 0 Å². The molecule has 2 heterocycles. The molecule has 0 spiro atoms. The number of non-ortho nitro benzene ring substituents is 1. The zero-order valence-corrected chi connectivity index (χ0v) is 24.3. The number of anilines is 1. The highest BCUT2D eigenvalue weighted by molar-refractivity contribution is 7.72. The van der Waals surface area contributed by atoms with Crippen molar-refractivity contribution >= 4 is 29.6 Å². The normalized spacial score (nSPS) is 21.6. The second-order valence-electron chi connectivity index (χ2n) is 10.8. The third kappa shape index (κ3) is 5.82. The highest BCUT2D eigenvalue weighted by atomic mass is 31.2. The first-order chi connectivity index (χ1) is 20.1. The van der Waals surface area contributed by atoms with Crippen molar-refractivity contribution in [1.82, 2.24) is 9.57 Å². The highest BCUT2D eigenvalue weighted by Gasteiger charge is 2.43. The Labute approximate surface area is 242 Å². The Morgan fingerprint density at radius 3 is 2.12 bits per heavy atom. The van der Waals surface area contributed by atoms with Gasteiger partial charge in [0.15, 0.2) is 0 Å². The Kier molecular flexibility index (Phi) is 8.51. The summed E-state index contributed by atoms with van der Waals surface area (Å²) in [6.07, 6.45) is 5.74. The van der Waals surface area contributed by atoms with Crippen molar-refractivity contribution in [2.45, 2.75) is 24.9 Å². The molecule has 8 nitrogen and oxygen atoms in total. The van der Waals surface area contributed by atoms with Crippen LogP contribution >= 0.6 is 7.21 Å². The molecule has 0 amide bonds. The third-order valence-electron chi connectivity index (χ3n) is 8.46. The standard InChI is InChI=1S/C32H38N5O3P/c38-37(39)29-17-15-27(16-18-29)33-41(30-11-5-2-6-12-30,32-14-8-7-13-31(32)35-23-25-40-26-24-35)36-21-19-34(20-22-36)28-9-3-1-4-10-28/h1-6,9-13,15-18,32H,7-8,14,19-26H2. The minimum Gasteiger partial charge on any atom is -0.378 e. The first-order valence-corrected chi connectivity index (χ1v) is 16.4. The van der Waals surface area contributed by atoms with Gasteiger partial charge in [-0.05, 0) is 43.5 Å². The Hall–Kier alpha value is -3.45. The molecule has 2 saturated heterocycles. The van der Waals surface area contributed by atoms with Gasteiger partial charge in [0.05, 0.1) is 36.7 Å². The fourth-order valence-corrected chi connectivity index (χ4v) is 11.0. The molecule has 0 radical (unpaired) electrons. The van der Waals surface area contributed by atoms with Crippen LogP contribution < -0.4 is 10.2 Å². The van der Waals surface area contributed by atoms with Gasteiger partial charge in [-0.1, -0.05) is 54.6 Å². The number of nitrogens with zero attached hydrogens (tertiary/aromatic N) is 5. The lowest BCUT2D eigenvalue weighted by atomic mass is 10.0. The molecular formula is C32H38N5O3P. The number of piperazine rings is 1. The zero-order chi connectivity index (χ0) is 28.1. The summed E-state index contributed by atoms with van der Waals surface area (Å²) in [5, 5.41) is 12.7. The lowest BCUT2D eigenvalue weighted by molar-refractivity contribution is -0.384. The van der Waals surface area contributed by atoms with Crippen LogP contribution in [-0.2, 0) is 4.74 Å². The fourth-order valence-electron chi connectivity index (χ4n) is 6.46. The smallest absolute Gasteiger partial charge is 0.269 e. The van der Waals surface area contributed by atoms with E-state index in [0.29, 0.717) is 0 Å². The maximum Gasteiger partial charge on any atom is 0.269 e. The molecule has 41 heavy (non-hydrogen) atoms. The molecule has 3 aromatic rings. The maximum atomic E-state index is 11.4. The van der Waals surface area contributed by atoms with E-state index in [1.165, 1.54) is 16.7 Å². The molecule has 0 N–H and O–H groups in total. The molecule has 0 bridgehead atoms. The number of allylic oxidation sites excluding steroid dienone is 2. The van der Waals surface area contributed by atoms with E-state index in [0.717, 1.165) is 77.4 Å². The second kappa shape index (κ2) is 12.6. The van der Waals surface area contributed by atoms with Crippen LogP contribution in [0.3, 0.4) is 0 Å². The molecule has 6 rings (SSSR count). The van der Waals surface area contributed by atoms with Gasteiger partial charge in [0.2, 0.25) is 0 Å². The lowest BCUT2D eigenvalue weighted by Gasteiger charge is -2.49. The summed E-state index contributed by atoms with van der Waals surface area (Å²) in [5.41, 5.74) is 3.82. The van der Waals surface area contributed by atoms with Gasteiger partial charge >= 0.3 is 0 Å². The first kappa shape index (κ1) is 27.7. The predicted octanol–water partition coefficient (Wildman–Crippen LogP) is 6.26. The molecule has 2 unspecified atom stereocenters.